The SMILES string of the molecule is CCc1nc(CC)n(-c2ncnc(NN)c2[N+](=O)[O-])n1. The number of nitrogens with zero attached hydrogens (tertiary/aromatic N) is 6. The Morgan fingerprint density at radius 1 is 1.40 bits per heavy atom. The molecule has 0 aliphatic rings. The molecule has 0 bridgehead atoms. The summed E-state index contributed by atoms with van der Waals surface area (Å²) in [7, 11) is 0. The molecule has 10 nitrogen and oxygen atoms in total. The van der Waals surface area contributed by atoms with Crippen LogP contribution < -0.4 is 11.3 Å². The summed E-state index contributed by atoms with van der Waals surface area (Å²) in [5.41, 5.74) is 1.86. The number of hydrogen-bond donors (Lipinski definition) is 2. The molecule has 0 fully saturated rings. The van der Waals surface area contributed by atoms with Crippen LogP contribution in [0.15, 0.2) is 6.33 Å². The van der Waals surface area contributed by atoms with E-state index in [0.717, 1.165) is 0 Å². The van der Waals surface area contributed by atoms with Crippen molar-refractivity contribution in [1.82, 2.24) is 24.7 Å². The van der Waals surface area contributed by atoms with Gasteiger partial charge in [-0.05, 0) is 0 Å². The summed E-state index contributed by atoms with van der Waals surface area (Å²) in [5, 5.41) is 15.4. The minimum absolute atomic E-state index is 0.0435. The van der Waals surface area contributed by atoms with E-state index in [0.29, 0.717) is 24.5 Å². The molecular formula is C10H14N8O2. The number of aryl methyl sites for hydroxylation is 2. The van der Waals surface area contributed by atoms with Crippen LogP contribution in [0.25, 0.3) is 5.82 Å². The van der Waals surface area contributed by atoms with Gasteiger partial charge in [0.05, 0.1) is 4.92 Å². The zero-order valence-corrected chi connectivity index (χ0v) is 11.1. The summed E-state index contributed by atoms with van der Waals surface area (Å²) < 4.78 is 1.36. The normalized spacial score (nSPS) is 10.6. The fraction of sp³-hybridized carbons (Fsp3) is 0.400. The van der Waals surface area contributed by atoms with Gasteiger partial charge in [0.1, 0.15) is 12.2 Å². The van der Waals surface area contributed by atoms with Crippen molar-refractivity contribution in [3.8, 4) is 5.82 Å². The summed E-state index contributed by atoms with van der Waals surface area (Å²) in [6.45, 7) is 3.79. The number of nitrogens with one attached hydrogen (secondary N) is 1. The molecule has 0 aromatic carbocycles. The van der Waals surface area contributed by atoms with Gasteiger partial charge in [-0.2, -0.15) is 4.68 Å². The molecule has 2 aromatic rings. The van der Waals surface area contributed by atoms with Crippen molar-refractivity contribution in [1.29, 1.82) is 0 Å². The molecule has 0 saturated carbocycles. The second-order valence-electron chi connectivity index (χ2n) is 3.86. The van der Waals surface area contributed by atoms with Crippen LogP contribution in [0.5, 0.6) is 0 Å². The second kappa shape index (κ2) is 5.57. The molecule has 0 amide bonds. The van der Waals surface area contributed by atoms with Gasteiger partial charge < -0.3 is 5.43 Å². The number of hydrazine groups is 1. The number of hydrogen-bond acceptors (Lipinski definition) is 8. The minimum atomic E-state index is -0.600. The molecule has 0 unspecified atom stereocenters. The quantitative estimate of drug-likeness (QED) is 0.454. The number of aromatic nitrogens is 5. The molecule has 0 spiro atoms. The molecule has 0 radical (unpaired) electrons. The van der Waals surface area contributed by atoms with Crippen LogP contribution in [0.4, 0.5) is 11.5 Å². The maximum absolute atomic E-state index is 11.2. The van der Waals surface area contributed by atoms with Gasteiger partial charge in [0.15, 0.2) is 5.82 Å². The summed E-state index contributed by atoms with van der Waals surface area (Å²) >= 11 is 0. The number of rotatable bonds is 5. The average molecular weight is 278 g/mol. The summed E-state index contributed by atoms with van der Waals surface area (Å²) in [5.74, 6) is 6.40. The van der Waals surface area contributed by atoms with Gasteiger partial charge in [0.25, 0.3) is 0 Å². The average Bonchev–Trinajstić information content (AvgIpc) is 2.89. The molecule has 3 N–H and O–H groups in total. The minimum Gasteiger partial charge on any atom is -0.303 e. The van der Waals surface area contributed by atoms with Crippen LogP contribution >= 0.6 is 0 Å². The molecule has 0 saturated heterocycles. The molecule has 2 heterocycles. The number of nitrogen functional groups attached to an aromatic ring is 1. The first-order valence-corrected chi connectivity index (χ1v) is 6.03. The lowest BCUT2D eigenvalue weighted by Crippen LogP contribution is -2.15. The van der Waals surface area contributed by atoms with Gasteiger partial charge in [-0.1, -0.05) is 13.8 Å². The highest BCUT2D eigenvalue weighted by molar-refractivity contribution is 5.63. The molecule has 10 heteroatoms. The standard InChI is InChI=1S/C10H14N8O2/c1-3-6-14-7(4-2)17(16-6)10-8(18(19)20)9(15-11)12-5-13-10/h5H,3-4,11H2,1-2H3,(H,12,13,15). The summed E-state index contributed by atoms with van der Waals surface area (Å²) in [6, 6.07) is 0. The van der Waals surface area contributed by atoms with E-state index in [2.05, 4.69) is 25.5 Å². The first-order valence-electron chi connectivity index (χ1n) is 6.03. The number of nitrogens with two attached hydrogens (primary N) is 1. The highest BCUT2D eigenvalue weighted by atomic mass is 16.6. The Bertz CT molecular complexity index is 638. The van der Waals surface area contributed by atoms with Crippen molar-refractivity contribution < 1.29 is 4.92 Å². The smallest absolute Gasteiger partial charge is 0.303 e. The van der Waals surface area contributed by atoms with Crippen LogP contribution in [0.1, 0.15) is 25.5 Å². The van der Waals surface area contributed by atoms with E-state index in [9.17, 15) is 10.1 Å². The topological polar surface area (TPSA) is 138 Å². The van der Waals surface area contributed by atoms with E-state index >= 15 is 0 Å². The van der Waals surface area contributed by atoms with E-state index < -0.39 is 4.92 Å². The van der Waals surface area contributed by atoms with Crippen LogP contribution in [0.3, 0.4) is 0 Å². The van der Waals surface area contributed by atoms with Crippen molar-refractivity contribution in [3.63, 3.8) is 0 Å². The van der Waals surface area contributed by atoms with Crippen molar-refractivity contribution in [2.75, 3.05) is 5.43 Å². The molecule has 106 valence electrons. The molecule has 0 atom stereocenters. The lowest BCUT2D eigenvalue weighted by molar-refractivity contribution is -0.384. The van der Waals surface area contributed by atoms with E-state index in [1.807, 2.05) is 13.8 Å². The van der Waals surface area contributed by atoms with Crippen molar-refractivity contribution >= 4 is 11.5 Å². The van der Waals surface area contributed by atoms with Gasteiger partial charge in [-0.25, -0.2) is 20.8 Å². The van der Waals surface area contributed by atoms with Crippen LogP contribution in [-0.4, -0.2) is 29.7 Å². The molecular weight excluding hydrogens is 264 g/mol. The Kier molecular flexibility index (Phi) is 3.84. The monoisotopic (exact) mass is 278 g/mol. The van der Waals surface area contributed by atoms with Crippen LogP contribution in [0.2, 0.25) is 0 Å². The predicted octanol–water partition coefficient (Wildman–Crippen LogP) is 0.376. The predicted molar refractivity (Wildman–Crippen MR) is 70.2 cm³/mol. The molecule has 20 heavy (non-hydrogen) atoms. The molecule has 2 rings (SSSR count). The lowest BCUT2D eigenvalue weighted by Gasteiger charge is -2.06. The van der Waals surface area contributed by atoms with E-state index in [-0.39, 0.29) is 17.3 Å². The Morgan fingerprint density at radius 2 is 2.15 bits per heavy atom. The van der Waals surface area contributed by atoms with Crippen molar-refractivity contribution in [2.24, 2.45) is 5.84 Å². The summed E-state index contributed by atoms with van der Waals surface area (Å²) in [4.78, 5) is 22.6. The largest absolute Gasteiger partial charge is 0.357 e. The van der Waals surface area contributed by atoms with E-state index in [1.165, 1.54) is 11.0 Å². The Labute approximate surface area is 114 Å². The van der Waals surface area contributed by atoms with Gasteiger partial charge in [0.2, 0.25) is 11.6 Å². The van der Waals surface area contributed by atoms with Crippen LogP contribution in [0, 0.1) is 10.1 Å². The second-order valence-corrected chi connectivity index (χ2v) is 3.86. The third-order valence-electron chi connectivity index (χ3n) is 2.67. The van der Waals surface area contributed by atoms with Crippen molar-refractivity contribution in [2.45, 2.75) is 26.7 Å². The molecule has 0 aliphatic heterocycles. The fourth-order valence-corrected chi connectivity index (χ4v) is 1.74. The highest BCUT2D eigenvalue weighted by Gasteiger charge is 2.26. The zero-order chi connectivity index (χ0) is 14.7. The van der Waals surface area contributed by atoms with E-state index in [4.69, 9.17) is 5.84 Å². The maximum atomic E-state index is 11.2. The van der Waals surface area contributed by atoms with Gasteiger partial charge in [-0.3, -0.25) is 10.1 Å². The van der Waals surface area contributed by atoms with Gasteiger partial charge >= 0.3 is 5.69 Å². The van der Waals surface area contributed by atoms with Crippen LogP contribution in [-0.2, 0) is 12.8 Å². The lowest BCUT2D eigenvalue weighted by atomic mass is 10.4. The number of anilines is 1. The van der Waals surface area contributed by atoms with Gasteiger partial charge in [0, 0.05) is 12.8 Å². The zero-order valence-electron chi connectivity index (χ0n) is 11.1. The Hall–Kier alpha value is -2.62. The van der Waals surface area contributed by atoms with Gasteiger partial charge in [-0.15, -0.1) is 5.10 Å². The van der Waals surface area contributed by atoms with E-state index in [1.54, 1.807) is 0 Å². The first-order chi connectivity index (χ1) is 9.62. The fourth-order valence-electron chi connectivity index (χ4n) is 1.74. The maximum Gasteiger partial charge on any atom is 0.357 e. The highest BCUT2D eigenvalue weighted by Crippen LogP contribution is 2.27. The van der Waals surface area contributed by atoms with Crippen molar-refractivity contribution in [3.05, 3.63) is 28.1 Å². The molecule has 2 aromatic heterocycles. The Balaban J connectivity index is 2.69. The number of nitro groups is 1. The Morgan fingerprint density at radius 3 is 2.70 bits per heavy atom. The summed E-state index contributed by atoms with van der Waals surface area (Å²) in [6.07, 6.45) is 2.38. The first kappa shape index (κ1) is 13.8. The third-order valence-corrected chi connectivity index (χ3v) is 2.67. The third kappa shape index (κ3) is 2.28. The molecule has 0 aliphatic carbocycles.